The Hall–Kier alpha value is -3.92. The Kier molecular flexibility index (Phi) is 6.01. The van der Waals surface area contributed by atoms with Crippen LogP contribution in [0.5, 0.6) is 0 Å². The molecule has 4 nitrogen and oxygen atoms in total. The number of carboxylic acids is 1. The number of oxime groups is 1. The Morgan fingerprint density at radius 2 is 1.64 bits per heavy atom. The van der Waals surface area contributed by atoms with E-state index in [1.807, 2.05) is 12.1 Å². The van der Waals surface area contributed by atoms with Crippen LogP contribution in [-0.4, -0.2) is 22.0 Å². The van der Waals surface area contributed by atoms with Crippen molar-refractivity contribution in [3.63, 3.8) is 0 Å². The van der Waals surface area contributed by atoms with Gasteiger partial charge in [-0.3, -0.25) is 0 Å². The van der Waals surface area contributed by atoms with Crippen LogP contribution in [-0.2, 0) is 5.41 Å². The Bertz CT molecular complexity index is 1280. The lowest BCUT2D eigenvalue weighted by atomic mass is 9.71. The van der Waals surface area contributed by atoms with Gasteiger partial charge in [0.25, 0.3) is 0 Å². The number of nitrogens with zero attached hydrogens (tertiary/aromatic N) is 1. The minimum atomic E-state index is -0.959. The highest BCUT2D eigenvalue weighted by Gasteiger charge is 2.29. The van der Waals surface area contributed by atoms with Crippen molar-refractivity contribution >= 4 is 23.3 Å². The Labute approximate surface area is 194 Å². The number of aromatic carboxylic acids is 1. The molecule has 33 heavy (non-hydrogen) atoms. The molecule has 0 radical (unpaired) electrons. The standard InChI is InChI=1S/C29H27NO3/c1-19-4-9-21(10-5-19)24-16-17-29(2,3)26-18-23(13-14-25(24)26)27(30-33)15-8-20-6-11-22(12-7-20)28(31)32/h4-16,18,33H,17H2,1-3H3,(H,31,32)/b15-8-,30-27?. The Morgan fingerprint density at radius 1 is 0.970 bits per heavy atom. The third-order valence-corrected chi connectivity index (χ3v) is 6.21. The molecular formula is C29H27NO3. The first-order valence-electron chi connectivity index (χ1n) is 10.9. The van der Waals surface area contributed by atoms with Crippen molar-refractivity contribution in [2.45, 2.75) is 32.6 Å². The van der Waals surface area contributed by atoms with Gasteiger partial charge in [0.2, 0.25) is 0 Å². The summed E-state index contributed by atoms with van der Waals surface area (Å²) in [5.74, 6) is -0.959. The molecule has 4 rings (SSSR count). The van der Waals surface area contributed by atoms with Crippen molar-refractivity contribution in [1.29, 1.82) is 0 Å². The lowest BCUT2D eigenvalue weighted by molar-refractivity contribution is 0.0697. The fourth-order valence-electron chi connectivity index (χ4n) is 4.18. The first-order valence-corrected chi connectivity index (χ1v) is 10.9. The molecule has 166 valence electrons. The monoisotopic (exact) mass is 437 g/mol. The zero-order valence-corrected chi connectivity index (χ0v) is 19.0. The second-order valence-corrected chi connectivity index (χ2v) is 9.08. The number of carboxylic acid groups (broad SMARTS) is 1. The number of hydrogen-bond donors (Lipinski definition) is 2. The highest BCUT2D eigenvalue weighted by Crippen LogP contribution is 2.41. The normalized spacial score (nSPS) is 15.2. The van der Waals surface area contributed by atoms with Gasteiger partial charge in [-0.1, -0.05) is 85.2 Å². The highest BCUT2D eigenvalue weighted by atomic mass is 16.4. The van der Waals surface area contributed by atoms with Crippen molar-refractivity contribution in [3.05, 3.63) is 118 Å². The second-order valence-electron chi connectivity index (χ2n) is 9.08. The van der Waals surface area contributed by atoms with E-state index in [0.717, 1.165) is 17.5 Å². The zero-order chi connectivity index (χ0) is 23.6. The summed E-state index contributed by atoms with van der Waals surface area (Å²) >= 11 is 0. The molecule has 2 N–H and O–H groups in total. The van der Waals surface area contributed by atoms with E-state index in [1.54, 1.807) is 30.3 Å². The van der Waals surface area contributed by atoms with E-state index in [0.29, 0.717) is 5.71 Å². The predicted octanol–water partition coefficient (Wildman–Crippen LogP) is 6.70. The van der Waals surface area contributed by atoms with Crippen LogP contribution in [0.3, 0.4) is 0 Å². The van der Waals surface area contributed by atoms with E-state index in [9.17, 15) is 10.0 Å². The highest BCUT2D eigenvalue weighted by molar-refractivity contribution is 6.11. The summed E-state index contributed by atoms with van der Waals surface area (Å²) in [7, 11) is 0. The molecular weight excluding hydrogens is 410 g/mol. The van der Waals surface area contributed by atoms with Gasteiger partial charge in [0.15, 0.2) is 0 Å². The number of aryl methyl sites for hydroxylation is 1. The van der Waals surface area contributed by atoms with Gasteiger partial charge in [0.1, 0.15) is 5.71 Å². The lowest BCUT2D eigenvalue weighted by Crippen LogP contribution is -2.22. The molecule has 0 aromatic heterocycles. The number of allylic oxidation sites excluding steroid dienone is 2. The molecule has 0 heterocycles. The molecule has 0 saturated carbocycles. The van der Waals surface area contributed by atoms with Crippen LogP contribution in [0.1, 0.15) is 64.0 Å². The van der Waals surface area contributed by atoms with Crippen LogP contribution in [0.2, 0.25) is 0 Å². The van der Waals surface area contributed by atoms with Gasteiger partial charge in [-0.15, -0.1) is 0 Å². The van der Waals surface area contributed by atoms with Gasteiger partial charge in [-0.05, 0) is 70.9 Å². The van der Waals surface area contributed by atoms with Crippen molar-refractivity contribution in [2.24, 2.45) is 5.16 Å². The average Bonchev–Trinajstić information content (AvgIpc) is 2.81. The minimum absolute atomic E-state index is 0.0452. The van der Waals surface area contributed by atoms with Crippen LogP contribution < -0.4 is 0 Å². The van der Waals surface area contributed by atoms with E-state index in [4.69, 9.17) is 5.11 Å². The number of carbonyl (C=O) groups is 1. The maximum atomic E-state index is 11.0. The third kappa shape index (κ3) is 4.65. The van der Waals surface area contributed by atoms with Crippen LogP contribution in [0.4, 0.5) is 0 Å². The Balaban J connectivity index is 1.67. The minimum Gasteiger partial charge on any atom is -0.478 e. The summed E-state index contributed by atoms with van der Waals surface area (Å²) < 4.78 is 0. The van der Waals surface area contributed by atoms with E-state index in [2.05, 4.69) is 68.4 Å². The Morgan fingerprint density at radius 3 is 2.27 bits per heavy atom. The van der Waals surface area contributed by atoms with Gasteiger partial charge < -0.3 is 10.3 Å². The van der Waals surface area contributed by atoms with E-state index < -0.39 is 5.97 Å². The molecule has 3 aromatic rings. The van der Waals surface area contributed by atoms with Gasteiger partial charge in [-0.2, -0.15) is 0 Å². The summed E-state index contributed by atoms with van der Waals surface area (Å²) in [5.41, 5.74) is 8.37. The second kappa shape index (κ2) is 8.91. The third-order valence-electron chi connectivity index (χ3n) is 6.21. The molecule has 0 spiro atoms. The van der Waals surface area contributed by atoms with Crippen LogP contribution in [0.25, 0.3) is 11.6 Å². The molecule has 0 saturated heterocycles. The maximum Gasteiger partial charge on any atom is 0.335 e. The summed E-state index contributed by atoms with van der Waals surface area (Å²) in [6, 6.07) is 21.4. The van der Waals surface area contributed by atoms with Gasteiger partial charge in [0.05, 0.1) is 5.56 Å². The molecule has 0 atom stereocenters. The van der Waals surface area contributed by atoms with E-state index in [1.165, 1.54) is 27.8 Å². The van der Waals surface area contributed by atoms with Gasteiger partial charge in [0, 0.05) is 5.56 Å². The molecule has 0 aliphatic heterocycles. The lowest BCUT2D eigenvalue weighted by Gasteiger charge is -2.33. The van der Waals surface area contributed by atoms with E-state index >= 15 is 0 Å². The fourth-order valence-corrected chi connectivity index (χ4v) is 4.18. The molecule has 1 aliphatic rings. The number of benzene rings is 3. The largest absolute Gasteiger partial charge is 0.478 e. The smallest absolute Gasteiger partial charge is 0.335 e. The maximum absolute atomic E-state index is 11.0. The first-order chi connectivity index (χ1) is 15.8. The molecule has 0 amide bonds. The van der Waals surface area contributed by atoms with Crippen molar-refractivity contribution in [2.75, 3.05) is 0 Å². The molecule has 0 bridgehead atoms. The fraction of sp³-hybridized carbons (Fsp3) is 0.172. The number of fused-ring (bicyclic) bond motifs is 1. The van der Waals surface area contributed by atoms with E-state index in [-0.39, 0.29) is 11.0 Å². The predicted molar refractivity (Wildman–Crippen MR) is 133 cm³/mol. The molecule has 1 aliphatic carbocycles. The molecule has 4 heteroatoms. The van der Waals surface area contributed by atoms with Crippen LogP contribution in [0.15, 0.2) is 84.0 Å². The van der Waals surface area contributed by atoms with Gasteiger partial charge in [-0.25, -0.2) is 4.79 Å². The first kappa shape index (κ1) is 22.3. The summed E-state index contributed by atoms with van der Waals surface area (Å²) in [5, 5.41) is 22.3. The summed E-state index contributed by atoms with van der Waals surface area (Å²) in [6.45, 7) is 6.55. The van der Waals surface area contributed by atoms with Gasteiger partial charge >= 0.3 is 5.97 Å². The quantitative estimate of drug-likeness (QED) is 0.265. The molecule has 3 aromatic carbocycles. The van der Waals surface area contributed by atoms with Crippen LogP contribution in [0, 0.1) is 6.92 Å². The zero-order valence-electron chi connectivity index (χ0n) is 19.0. The number of rotatable bonds is 5. The SMILES string of the molecule is Cc1ccc(C2=CCC(C)(C)c3cc(C(/C=C\c4ccc(C(=O)O)cc4)=NO)ccc32)cc1. The average molecular weight is 438 g/mol. The van der Waals surface area contributed by atoms with Crippen molar-refractivity contribution < 1.29 is 15.1 Å². The summed E-state index contributed by atoms with van der Waals surface area (Å²) in [6.07, 6.45) is 6.78. The number of hydrogen-bond acceptors (Lipinski definition) is 3. The molecule has 0 unspecified atom stereocenters. The summed E-state index contributed by atoms with van der Waals surface area (Å²) in [4.78, 5) is 11.0. The van der Waals surface area contributed by atoms with Crippen molar-refractivity contribution in [3.8, 4) is 0 Å². The molecule has 0 fully saturated rings. The topological polar surface area (TPSA) is 69.9 Å². The van der Waals surface area contributed by atoms with Crippen molar-refractivity contribution in [1.82, 2.24) is 0 Å². The van der Waals surface area contributed by atoms with Crippen LogP contribution >= 0.6 is 0 Å².